The van der Waals surface area contributed by atoms with E-state index in [0.717, 1.165) is 67.4 Å². The Morgan fingerprint density at radius 2 is 0.857 bits per heavy atom. The largest absolute Gasteiger partial charge is 0.313 e. The van der Waals surface area contributed by atoms with Crippen LogP contribution in [-0.2, 0) is 0 Å². The fraction of sp³-hybridized carbons (Fsp3) is 0.0455. The molecule has 0 spiro atoms. The van der Waals surface area contributed by atoms with Gasteiger partial charge in [0.1, 0.15) is 12.1 Å². The number of fused-ring (bicyclic) bond motifs is 9. The molecule has 0 fully saturated rings. The topological polar surface area (TPSA) is 62.4 Å². The zero-order valence-electron chi connectivity index (χ0n) is 26.4. The average molecular weight is 626 g/mol. The summed E-state index contributed by atoms with van der Waals surface area (Å²) >= 11 is 0. The number of aromatic nitrogens is 3. The molecule has 0 saturated heterocycles. The number of hydrogen-bond donors (Lipinski definition) is 0. The van der Waals surface area contributed by atoms with E-state index in [4.69, 9.17) is 0 Å². The highest BCUT2D eigenvalue weighted by Gasteiger charge is 2.26. The number of nitrogens with zero attached hydrogens (tertiary/aromatic N) is 5. The molecule has 3 aromatic heterocycles. The highest BCUT2D eigenvalue weighted by atomic mass is 15.1. The highest BCUT2D eigenvalue weighted by Crippen LogP contribution is 2.43. The van der Waals surface area contributed by atoms with Crippen LogP contribution in [0.4, 0.5) is 0 Å². The molecule has 0 unspecified atom stereocenters. The summed E-state index contributed by atoms with van der Waals surface area (Å²) in [6, 6.07) is 46.8. The molecule has 9 aromatic rings. The number of para-hydroxylation sites is 4. The summed E-state index contributed by atoms with van der Waals surface area (Å²) in [5.74, 6) is 0. The van der Waals surface area contributed by atoms with Crippen molar-refractivity contribution in [3.63, 3.8) is 0 Å². The second-order valence-corrected chi connectivity index (χ2v) is 12.7. The molecule has 49 heavy (non-hydrogen) atoms. The minimum Gasteiger partial charge on any atom is -0.313 e. The quantitative estimate of drug-likeness (QED) is 0.196. The summed E-state index contributed by atoms with van der Waals surface area (Å²) < 4.78 is 6.81. The first-order chi connectivity index (χ1) is 24.3. The summed E-state index contributed by atoms with van der Waals surface area (Å²) in [5.41, 5.74) is 9.95. The van der Waals surface area contributed by atoms with Crippen molar-refractivity contribution in [2.75, 3.05) is 0 Å². The van der Waals surface area contributed by atoms with Gasteiger partial charge < -0.3 is 13.7 Å². The van der Waals surface area contributed by atoms with Gasteiger partial charge in [0, 0.05) is 38.0 Å². The average Bonchev–Trinajstić information content (AvgIpc) is 3.79. The third-order valence-electron chi connectivity index (χ3n) is 10.2. The lowest BCUT2D eigenvalue weighted by Crippen LogP contribution is -2.08. The van der Waals surface area contributed by atoms with Gasteiger partial charge in [0.2, 0.25) is 0 Å². The number of allylic oxidation sites excluding steroid dienone is 4. The van der Waals surface area contributed by atoms with Gasteiger partial charge >= 0.3 is 0 Å². The van der Waals surface area contributed by atoms with E-state index in [1.54, 1.807) is 12.1 Å². The summed E-state index contributed by atoms with van der Waals surface area (Å²) in [6.45, 7) is 0. The maximum atomic E-state index is 10.8. The predicted octanol–water partition coefficient (Wildman–Crippen LogP) is 10.9. The fourth-order valence-electron chi connectivity index (χ4n) is 8.13. The van der Waals surface area contributed by atoms with Crippen LogP contribution in [0.15, 0.2) is 140 Å². The van der Waals surface area contributed by atoms with Crippen LogP contribution in [0.5, 0.6) is 0 Å². The Balaban J connectivity index is 1.41. The smallest absolute Gasteiger partial charge is 0.101 e. The van der Waals surface area contributed by atoms with E-state index in [9.17, 15) is 10.5 Å². The van der Waals surface area contributed by atoms with Crippen molar-refractivity contribution in [2.24, 2.45) is 0 Å². The van der Waals surface area contributed by atoms with Crippen molar-refractivity contribution in [3.05, 3.63) is 151 Å². The molecule has 0 N–H and O–H groups in total. The van der Waals surface area contributed by atoms with E-state index in [2.05, 4.69) is 123 Å². The lowest BCUT2D eigenvalue weighted by Gasteiger charge is -2.19. The normalized spacial score (nSPS) is 13.1. The van der Waals surface area contributed by atoms with Crippen LogP contribution in [0.25, 0.3) is 82.5 Å². The molecule has 0 bridgehead atoms. The van der Waals surface area contributed by atoms with Crippen molar-refractivity contribution in [1.82, 2.24) is 13.7 Å². The third-order valence-corrected chi connectivity index (χ3v) is 10.2. The molecule has 0 aliphatic heterocycles. The lowest BCUT2D eigenvalue weighted by molar-refractivity contribution is 0.979. The van der Waals surface area contributed by atoms with E-state index in [-0.39, 0.29) is 0 Å². The monoisotopic (exact) mass is 625 g/mol. The lowest BCUT2D eigenvalue weighted by atomic mass is 10.1. The molecule has 1 aliphatic rings. The molecule has 228 valence electrons. The molecule has 6 aromatic carbocycles. The third kappa shape index (κ3) is 3.73. The van der Waals surface area contributed by atoms with Gasteiger partial charge in [-0.3, -0.25) is 0 Å². The van der Waals surface area contributed by atoms with Crippen LogP contribution in [0.2, 0.25) is 0 Å². The van der Waals surface area contributed by atoms with E-state index in [1.807, 2.05) is 30.3 Å². The number of nitriles is 2. The standard InChI is InChI=1S/C44H27N5/c45-26-28-22-23-29(27-46)44(43(28)48-38-19-9-4-14-31(38)32-15-5-10-20-39(32)48)49-40-21-11-7-17-34(40)36-24-41-35(25-42(36)49)33-16-6-8-18-37(33)47(41)30-12-2-1-3-13-30/h1-2,4-12,14-25H,3,13H2. The maximum Gasteiger partial charge on any atom is 0.101 e. The van der Waals surface area contributed by atoms with Gasteiger partial charge in [-0.1, -0.05) is 84.9 Å². The maximum absolute atomic E-state index is 10.8. The Hall–Kier alpha value is -6.82. The molecule has 5 nitrogen and oxygen atoms in total. The van der Waals surface area contributed by atoms with Crippen LogP contribution in [-0.4, -0.2) is 13.7 Å². The first-order valence-electron chi connectivity index (χ1n) is 16.6. The van der Waals surface area contributed by atoms with E-state index < -0.39 is 0 Å². The van der Waals surface area contributed by atoms with Crippen molar-refractivity contribution >= 4 is 71.1 Å². The molecule has 0 radical (unpaired) electrons. The van der Waals surface area contributed by atoms with Crippen LogP contribution >= 0.6 is 0 Å². The second kappa shape index (κ2) is 10.3. The number of hydrogen-bond acceptors (Lipinski definition) is 2. The molecular weight excluding hydrogens is 599 g/mol. The summed E-state index contributed by atoms with van der Waals surface area (Å²) in [7, 11) is 0. The van der Waals surface area contributed by atoms with Crippen LogP contribution < -0.4 is 0 Å². The van der Waals surface area contributed by atoms with Crippen molar-refractivity contribution in [1.29, 1.82) is 10.5 Å². The van der Waals surface area contributed by atoms with Crippen molar-refractivity contribution in [2.45, 2.75) is 12.8 Å². The Labute approximate surface area is 281 Å². The van der Waals surface area contributed by atoms with Gasteiger partial charge in [0.05, 0.1) is 55.6 Å². The minimum atomic E-state index is 0.500. The SMILES string of the molecule is N#Cc1ccc(C#N)c(-n2c3ccccc3c3cc4c(cc32)c2ccccc2n4C2=CC=CCC2)c1-n1c2ccccc2c2ccccc21. The first kappa shape index (κ1) is 27.3. The van der Waals surface area contributed by atoms with E-state index in [1.165, 1.54) is 16.6 Å². The summed E-state index contributed by atoms with van der Waals surface area (Å²) in [6.07, 6.45) is 8.59. The van der Waals surface area contributed by atoms with Gasteiger partial charge in [0.15, 0.2) is 0 Å². The van der Waals surface area contributed by atoms with Gasteiger partial charge in [-0.25, -0.2) is 0 Å². The van der Waals surface area contributed by atoms with E-state index in [0.29, 0.717) is 22.5 Å². The van der Waals surface area contributed by atoms with Crippen LogP contribution in [0, 0.1) is 22.7 Å². The van der Waals surface area contributed by atoms with Crippen LogP contribution in [0.3, 0.4) is 0 Å². The second-order valence-electron chi connectivity index (χ2n) is 12.7. The Kier molecular flexibility index (Phi) is 5.76. The predicted molar refractivity (Wildman–Crippen MR) is 200 cm³/mol. The first-order valence-corrected chi connectivity index (χ1v) is 16.6. The van der Waals surface area contributed by atoms with Crippen molar-refractivity contribution < 1.29 is 0 Å². The Morgan fingerprint density at radius 1 is 0.449 bits per heavy atom. The molecule has 0 saturated carbocycles. The fourth-order valence-corrected chi connectivity index (χ4v) is 8.13. The Bertz CT molecular complexity index is 2970. The zero-order valence-corrected chi connectivity index (χ0v) is 26.4. The number of rotatable bonds is 3. The van der Waals surface area contributed by atoms with Crippen LogP contribution in [0.1, 0.15) is 24.0 Å². The summed E-state index contributed by atoms with van der Waals surface area (Å²) in [4.78, 5) is 0. The molecule has 3 heterocycles. The van der Waals surface area contributed by atoms with Gasteiger partial charge in [-0.05, 0) is 67.4 Å². The van der Waals surface area contributed by atoms with E-state index >= 15 is 0 Å². The molecule has 5 heteroatoms. The summed E-state index contributed by atoms with van der Waals surface area (Å²) in [5, 5.41) is 28.2. The molecule has 0 atom stereocenters. The molecule has 1 aliphatic carbocycles. The zero-order chi connectivity index (χ0) is 32.6. The molecular formula is C44H27N5. The van der Waals surface area contributed by atoms with Gasteiger partial charge in [-0.2, -0.15) is 10.5 Å². The molecule has 0 amide bonds. The minimum absolute atomic E-state index is 0.500. The number of benzene rings is 6. The van der Waals surface area contributed by atoms with Gasteiger partial charge in [-0.15, -0.1) is 0 Å². The highest BCUT2D eigenvalue weighted by molar-refractivity contribution is 6.20. The van der Waals surface area contributed by atoms with Gasteiger partial charge in [0.25, 0.3) is 0 Å². The Morgan fingerprint density at radius 3 is 1.31 bits per heavy atom. The molecule has 10 rings (SSSR count). The van der Waals surface area contributed by atoms with Crippen molar-refractivity contribution in [3.8, 4) is 23.5 Å².